The Morgan fingerprint density at radius 1 is 1.18 bits per heavy atom. The molecule has 2 rings (SSSR count). The van der Waals surface area contributed by atoms with Gasteiger partial charge < -0.3 is 4.74 Å². The Kier molecular flexibility index (Phi) is 3.59. The lowest BCUT2D eigenvalue weighted by Gasteiger charge is -2.09. The van der Waals surface area contributed by atoms with Gasteiger partial charge in [-0.15, -0.1) is 11.3 Å². The van der Waals surface area contributed by atoms with E-state index in [1.54, 1.807) is 12.1 Å². The third-order valence-corrected chi connectivity index (χ3v) is 3.10. The van der Waals surface area contributed by atoms with Crippen LogP contribution in [-0.4, -0.2) is 11.9 Å². The predicted octanol–water partition coefficient (Wildman–Crippen LogP) is 3.77. The number of hydrogen-bond acceptors (Lipinski definition) is 3. The molecule has 17 heavy (non-hydrogen) atoms. The molecule has 2 nitrogen and oxygen atoms in total. The van der Waals surface area contributed by atoms with Crippen LogP contribution in [0.2, 0.25) is 0 Å². The van der Waals surface area contributed by atoms with Gasteiger partial charge in [-0.2, -0.15) is 0 Å². The minimum absolute atomic E-state index is 0.0658. The average molecular weight is 246 g/mol. The summed E-state index contributed by atoms with van der Waals surface area (Å²) in [6.45, 7) is 3.95. The standard InChI is InChI=1S/C14H14O2S/c1-10(2)16-12-7-5-11(6-8-12)14(15)13-4-3-9-17-13/h3-10H,1-2H3. The summed E-state index contributed by atoms with van der Waals surface area (Å²) >= 11 is 1.46. The lowest BCUT2D eigenvalue weighted by molar-refractivity contribution is 0.104. The predicted molar refractivity (Wildman–Crippen MR) is 70.0 cm³/mol. The van der Waals surface area contributed by atoms with Crippen molar-refractivity contribution in [2.45, 2.75) is 20.0 Å². The van der Waals surface area contributed by atoms with Crippen LogP contribution in [0, 0.1) is 0 Å². The van der Waals surface area contributed by atoms with Crippen molar-refractivity contribution in [1.82, 2.24) is 0 Å². The third kappa shape index (κ3) is 2.94. The molecule has 0 saturated carbocycles. The Morgan fingerprint density at radius 2 is 1.88 bits per heavy atom. The summed E-state index contributed by atoms with van der Waals surface area (Å²) in [7, 11) is 0. The van der Waals surface area contributed by atoms with Crippen molar-refractivity contribution >= 4 is 17.1 Å². The Morgan fingerprint density at radius 3 is 2.41 bits per heavy atom. The minimum atomic E-state index is 0.0658. The highest BCUT2D eigenvalue weighted by molar-refractivity contribution is 7.12. The summed E-state index contributed by atoms with van der Waals surface area (Å²) in [5.41, 5.74) is 0.698. The monoisotopic (exact) mass is 246 g/mol. The Bertz CT molecular complexity index is 483. The minimum Gasteiger partial charge on any atom is -0.491 e. The quantitative estimate of drug-likeness (QED) is 0.768. The average Bonchev–Trinajstić information content (AvgIpc) is 2.82. The topological polar surface area (TPSA) is 26.3 Å². The Balaban J connectivity index is 2.15. The summed E-state index contributed by atoms with van der Waals surface area (Å²) in [6, 6.07) is 11.0. The van der Waals surface area contributed by atoms with Gasteiger partial charge in [0.1, 0.15) is 5.75 Å². The molecular formula is C14H14O2S. The van der Waals surface area contributed by atoms with Crippen LogP contribution in [0.1, 0.15) is 29.1 Å². The number of benzene rings is 1. The summed E-state index contributed by atoms with van der Waals surface area (Å²) in [5, 5.41) is 1.91. The van der Waals surface area contributed by atoms with E-state index in [2.05, 4.69) is 0 Å². The molecule has 0 aliphatic carbocycles. The molecule has 0 radical (unpaired) electrons. The van der Waals surface area contributed by atoms with Crippen molar-refractivity contribution in [3.8, 4) is 5.75 Å². The lowest BCUT2D eigenvalue weighted by atomic mass is 10.1. The first-order valence-electron chi connectivity index (χ1n) is 5.52. The van der Waals surface area contributed by atoms with Crippen LogP contribution in [0.4, 0.5) is 0 Å². The van der Waals surface area contributed by atoms with Gasteiger partial charge in [-0.3, -0.25) is 4.79 Å². The number of ether oxygens (including phenoxy) is 1. The summed E-state index contributed by atoms with van der Waals surface area (Å²) in [4.78, 5) is 12.8. The lowest BCUT2D eigenvalue weighted by Crippen LogP contribution is -2.05. The van der Waals surface area contributed by atoms with Gasteiger partial charge in [0.2, 0.25) is 5.78 Å². The van der Waals surface area contributed by atoms with E-state index in [-0.39, 0.29) is 11.9 Å². The zero-order valence-corrected chi connectivity index (χ0v) is 10.7. The molecule has 88 valence electrons. The van der Waals surface area contributed by atoms with E-state index in [1.807, 2.05) is 43.5 Å². The first-order chi connectivity index (χ1) is 8.16. The zero-order chi connectivity index (χ0) is 12.3. The normalized spacial score (nSPS) is 10.5. The molecule has 0 spiro atoms. The summed E-state index contributed by atoms with van der Waals surface area (Å²) in [6.07, 6.45) is 0.147. The first-order valence-corrected chi connectivity index (χ1v) is 6.39. The fourth-order valence-electron chi connectivity index (χ4n) is 1.51. The molecule has 1 aromatic heterocycles. The number of carbonyl (C=O) groups is 1. The molecule has 0 fully saturated rings. The molecule has 1 aromatic carbocycles. The van der Waals surface area contributed by atoms with E-state index in [9.17, 15) is 4.79 Å². The van der Waals surface area contributed by atoms with Gasteiger partial charge in [0.15, 0.2) is 0 Å². The molecule has 0 saturated heterocycles. The van der Waals surface area contributed by atoms with Crippen LogP contribution in [0.25, 0.3) is 0 Å². The molecule has 0 atom stereocenters. The largest absolute Gasteiger partial charge is 0.491 e. The van der Waals surface area contributed by atoms with Crippen LogP contribution in [-0.2, 0) is 0 Å². The van der Waals surface area contributed by atoms with Gasteiger partial charge in [-0.25, -0.2) is 0 Å². The second kappa shape index (κ2) is 5.15. The van der Waals surface area contributed by atoms with Gasteiger partial charge in [0, 0.05) is 5.56 Å². The first kappa shape index (κ1) is 11.9. The molecule has 0 aliphatic rings. The van der Waals surface area contributed by atoms with E-state index < -0.39 is 0 Å². The van der Waals surface area contributed by atoms with Crippen molar-refractivity contribution < 1.29 is 9.53 Å². The Hall–Kier alpha value is -1.61. The number of hydrogen-bond donors (Lipinski definition) is 0. The van der Waals surface area contributed by atoms with Crippen molar-refractivity contribution in [1.29, 1.82) is 0 Å². The fourth-order valence-corrected chi connectivity index (χ4v) is 2.19. The van der Waals surface area contributed by atoms with Crippen LogP contribution >= 0.6 is 11.3 Å². The van der Waals surface area contributed by atoms with Gasteiger partial charge >= 0.3 is 0 Å². The van der Waals surface area contributed by atoms with Crippen molar-refractivity contribution in [3.05, 3.63) is 52.2 Å². The smallest absolute Gasteiger partial charge is 0.202 e. The summed E-state index contributed by atoms with van der Waals surface area (Å²) < 4.78 is 5.53. The third-order valence-electron chi connectivity index (χ3n) is 2.23. The molecule has 0 amide bonds. The molecule has 0 bridgehead atoms. The molecular weight excluding hydrogens is 232 g/mol. The molecule has 1 heterocycles. The van der Waals surface area contributed by atoms with E-state index in [1.165, 1.54) is 11.3 Å². The van der Waals surface area contributed by atoms with Crippen LogP contribution in [0.5, 0.6) is 5.75 Å². The molecule has 0 aliphatic heterocycles. The fraction of sp³-hybridized carbons (Fsp3) is 0.214. The zero-order valence-electron chi connectivity index (χ0n) is 9.84. The maximum atomic E-state index is 12.0. The van der Waals surface area contributed by atoms with Crippen molar-refractivity contribution in [3.63, 3.8) is 0 Å². The van der Waals surface area contributed by atoms with Gasteiger partial charge in [0.25, 0.3) is 0 Å². The van der Waals surface area contributed by atoms with Gasteiger partial charge in [-0.05, 0) is 49.6 Å². The molecule has 0 unspecified atom stereocenters. The van der Waals surface area contributed by atoms with E-state index in [0.717, 1.165) is 10.6 Å². The van der Waals surface area contributed by atoms with Crippen molar-refractivity contribution in [2.75, 3.05) is 0 Å². The SMILES string of the molecule is CC(C)Oc1ccc(C(=O)c2cccs2)cc1. The van der Waals surface area contributed by atoms with E-state index in [0.29, 0.717) is 5.56 Å². The van der Waals surface area contributed by atoms with Crippen LogP contribution in [0.15, 0.2) is 41.8 Å². The molecule has 2 aromatic rings. The number of ketones is 1. The highest BCUT2D eigenvalue weighted by Crippen LogP contribution is 2.18. The van der Waals surface area contributed by atoms with Crippen LogP contribution in [0.3, 0.4) is 0 Å². The summed E-state index contributed by atoms with van der Waals surface area (Å²) in [5.74, 6) is 0.860. The maximum absolute atomic E-state index is 12.0. The van der Waals surface area contributed by atoms with Crippen LogP contribution < -0.4 is 4.74 Å². The van der Waals surface area contributed by atoms with E-state index >= 15 is 0 Å². The molecule has 0 N–H and O–H groups in total. The Labute approximate surface area is 105 Å². The van der Waals surface area contributed by atoms with Gasteiger partial charge in [0.05, 0.1) is 11.0 Å². The number of rotatable bonds is 4. The van der Waals surface area contributed by atoms with E-state index in [4.69, 9.17) is 4.74 Å². The highest BCUT2D eigenvalue weighted by atomic mass is 32.1. The number of thiophene rings is 1. The van der Waals surface area contributed by atoms with Gasteiger partial charge in [-0.1, -0.05) is 6.07 Å². The maximum Gasteiger partial charge on any atom is 0.202 e. The molecule has 3 heteroatoms. The number of carbonyl (C=O) groups excluding carboxylic acids is 1. The highest BCUT2D eigenvalue weighted by Gasteiger charge is 2.09. The van der Waals surface area contributed by atoms with Crippen molar-refractivity contribution in [2.24, 2.45) is 0 Å². The second-order valence-corrected chi connectivity index (χ2v) is 4.95. The second-order valence-electron chi connectivity index (χ2n) is 4.00.